The number of aliphatic hydroxyl groups is 1. The molecule has 2 rings (SSSR count). The van der Waals surface area contributed by atoms with Gasteiger partial charge in [-0.3, -0.25) is 9.48 Å². The molecule has 0 fully saturated rings. The van der Waals surface area contributed by atoms with E-state index in [4.69, 9.17) is 9.47 Å². The topological polar surface area (TPSA) is 110 Å². The number of likely N-dealkylation sites (N-methyl/N-ethyl adjacent to an activating group) is 1. The first kappa shape index (κ1) is 25.1. The zero-order valence-corrected chi connectivity index (χ0v) is 19.4. The van der Waals surface area contributed by atoms with E-state index >= 15 is 0 Å². The van der Waals surface area contributed by atoms with Crippen molar-refractivity contribution in [3.63, 3.8) is 0 Å². The highest BCUT2D eigenvalue weighted by Gasteiger charge is 2.29. The summed E-state index contributed by atoms with van der Waals surface area (Å²) < 4.78 is 13.2. The molecule has 0 saturated carbocycles. The van der Waals surface area contributed by atoms with Crippen molar-refractivity contribution in [2.45, 2.75) is 65.8 Å². The molecule has 0 aliphatic carbocycles. The van der Waals surface area contributed by atoms with Crippen molar-refractivity contribution in [3.05, 3.63) is 11.9 Å². The first-order chi connectivity index (χ1) is 14.7. The van der Waals surface area contributed by atoms with Gasteiger partial charge in [-0.05, 0) is 19.3 Å². The highest BCUT2D eigenvalue weighted by atomic mass is 16.6. The van der Waals surface area contributed by atoms with Crippen LogP contribution in [0.5, 0.6) is 0 Å². The number of hydrogen-bond donors (Lipinski definition) is 1. The molecule has 0 saturated heterocycles. The summed E-state index contributed by atoms with van der Waals surface area (Å²) in [6.07, 6.45) is 2.05. The van der Waals surface area contributed by atoms with Crippen LogP contribution >= 0.6 is 0 Å². The Morgan fingerprint density at radius 2 is 2.16 bits per heavy atom. The third kappa shape index (κ3) is 7.77. The number of fused-ring (bicyclic) bond motifs is 2. The zero-order chi connectivity index (χ0) is 23.0. The Kier molecular flexibility index (Phi) is 9.70. The molecule has 10 nitrogen and oxygen atoms in total. The van der Waals surface area contributed by atoms with Crippen LogP contribution < -0.4 is 0 Å². The molecule has 0 unspecified atom stereocenters. The van der Waals surface area contributed by atoms with Gasteiger partial charge in [0.15, 0.2) is 0 Å². The van der Waals surface area contributed by atoms with Crippen LogP contribution in [0.15, 0.2) is 6.20 Å². The van der Waals surface area contributed by atoms with Crippen molar-refractivity contribution < 1.29 is 24.2 Å². The first-order valence-electron chi connectivity index (χ1n) is 11.0. The predicted molar refractivity (Wildman–Crippen MR) is 114 cm³/mol. The van der Waals surface area contributed by atoms with Gasteiger partial charge in [-0.25, -0.2) is 4.79 Å². The molecule has 31 heavy (non-hydrogen) atoms. The smallest absolute Gasteiger partial charge is 0.409 e. The number of ether oxygens (including phenoxy) is 2. The SMILES string of the molecule is CC(C)COC(=O)N(C)C[C@H]1OCc2cn(nn2)CCCC(=O)N([C@H](C)CO)C[C@H]1C. The van der Waals surface area contributed by atoms with Crippen LogP contribution in [0.25, 0.3) is 0 Å². The summed E-state index contributed by atoms with van der Waals surface area (Å²) >= 11 is 0. The summed E-state index contributed by atoms with van der Waals surface area (Å²) in [5.41, 5.74) is 0.702. The molecule has 0 spiro atoms. The van der Waals surface area contributed by atoms with Gasteiger partial charge in [0.05, 0.1) is 44.7 Å². The van der Waals surface area contributed by atoms with Crippen molar-refractivity contribution in [1.29, 1.82) is 0 Å². The minimum absolute atomic E-state index is 0.0172. The number of aromatic nitrogens is 3. The first-order valence-corrected chi connectivity index (χ1v) is 11.0. The Bertz CT molecular complexity index is 710. The number of hydrogen-bond acceptors (Lipinski definition) is 7. The van der Waals surface area contributed by atoms with Crippen molar-refractivity contribution in [3.8, 4) is 0 Å². The van der Waals surface area contributed by atoms with Gasteiger partial charge >= 0.3 is 6.09 Å². The predicted octanol–water partition coefficient (Wildman–Crippen LogP) is 1.53. The van der Waals surface area contributed by atoms with Gasteiger partial charge in [0.1, 0.15) is 5.69 Å². The lowest BCUT2D eigenvalue weighted by Crippen LogP contribution is -2.47. The van der Waals surface area contributed by atoms with Crippen molar-refractivity contribution in [2.75, 3.05) is 33.4 Å². The molecule has 10 heteroatoms. The summed E-state index contributed by atoms with van der Waals surface area (Å²) in [6.45, 7) is 9.59. The second-order valence-corrected chi connectivity index (χ2v) is 8.83. The molecule has 1 aliphatic heterocycles. The van der Waals surface area contributed by atoms with E-state index in [0.717, 1.165) is 0 Å². The monoisotopic (exact) mass is 439 g/mol. The van der Waals surface area contributed by atoms with Crippen LogP contribution in [0.4, 0.5) is 4.79 Å². The van der Waals surface area contributed by atoms with E-state index in [-0.39, 0.29) is 43.1 Å². The van der Waals surface area contributed by atoms with Gasteiger partial charge in [0.25, 0.3) is 0 Å². The number of carbonyl (C=O) groups is 2. The molecule has 1 aromatic rings. The third-order valence-electron chi connectivity index (χ3n) is 5.35. The second-order valence-electron chi connectivity index (χ2n) is 8.83. The fourth-order valence-corrected chi connectivity index (χ4v) is 3.39. The molecule has 2 amide bonds. The lowest BCUT2D eigenvalue weighted by molar-refractivity contribution is -0.136. The molecule has 3 atom stereocenters. The number of rotatable bonds is 6. The molecule has 1 aliphatic rings. The summed E-state index contributed by atoms with van der Waals surface area (Å²) in [5, 5.41) is 17.9. The maximum absolute atomic E-state index is 12.9. The van der Waals surface area contributed by atoms with Crippen LogP contribution in [-0.2, 0) is 27.4 Å². The van der Waals surface area contributed by atoms with Crippen LogP contribution in [0.2, 0.25) is 0 Å². The number of aliphatic hydroxyl groups excluding tert-OH is 1. The lowest BCUT2D eigenvalue weighted by atomic mass is 10.0. The fraction of sp³-hybridized carbons (Fsp3) is 0.810. The van der Waals surface area contributed by atoms with E-state index in [1.54, 1.807) is 16.6 Å². The number of aryl methyl sites for hydroxylation is 1. The van der Waals surface area contributed by atoms with Crippen molar-refractivity contribution in [2.24, 2.45) is 11.8 Å². The van der Waals surface area contributed by atoms with E-state index in [1.807, 2.05) is 33.9 Å². The largest absolute Gasteiger partial charge is 0.449 e. The maximum Gasteiger partial charge on any atom is 0.409 e. The Morgan fingerprint density at radius 3 is 2.84 bits per heavy atom. The minimum Gasteiger partial charge on any atom is -0.449 e. The molecule has 2 heterocycles. The average Bonchev–Trinajstić information content (AvgIpc) is 3.19. The summed E-state index contributed by atoms with van der Waals surface area (Å²) in [4.78, 5) is 28.4. The molecule has 176 valence electrons. The number of nitrogens with zero attached hydrogens (tertiary/aromatic N) is 5. The van der Waals surface area contributed by atoms with Crippen LogP contribution in [-0.4, -0.2) is 87.4 Å². The average molecular weight is 440 g/mol. The Hall–Kier alpha value is -2.20. The fourth-order valence-electron chi connectivity index (χ4n) is 3.39. The van der Waals surface area contributed by atoms with Gasteiger partial charge in [0, 0.05) is 32.5 Å². The van der Waals surface area contributed by atoms with Crippen LogP contribution in [0, 0.1) is 11.8 Å². The number of amides is 2. The standard InChI is InChI=1S/C21H37N5O5/c1-15(2)13-31-21(29)24(5)11-19-16(3)9-26(17(4)12-27)20(28)7-6-8-25-10-18(14-30-19)22-23-25/h10,15-17,19,27H,6-9,11-14H2,1-5H3/t16-,17-,19-/m1/s1. The van der Waals surface area contributed by atoms with E-state index in [1.165, 1.54) is 4.90 Å². The van der Waals surface area contributed by atoms with E-state index in [0.29, 0.717) is 44.8 Å². The summed E-state index contributed by atoms with van der Waals surface area (Å²) in [6, 6.07) is -0.299. The zero-order valence-electron chi connectivity index (χ0n) is 19.4. The maximum atomic E-state index is 12.9. The van der Waals surface area contributed by atoms with Crippen LogP contribution in [0.3, 0.4) is 0 Å². The number of carbonyl (C=O) groups excluding carboxylic acids is 2. The highest BCUT2D eigenvalue weighted by Crippen LogP contribution is 2.17. The Balaban J connectivity index is 2.17. The van der Waals surface area contributed by atoms with Gasteiger partial charge < -0.3 is 24.4 Å². The molecule has 1 aromatic heterocycles. The highest BCUT2D eigenvalue weighted by molar-refractivity contribution is 5.76. The summed E-state index contributed by atoms with van der Waals surface area (Å²) in [5.74, 6) is 0.144. The lowest BCUT2D eigenvalue weighted by Gasteiger charge is -2.35. The van der Waals surface area contributed by atoms with E-state index < -0.39 is 6.09 Å². The van der Waals surface area contributed by atoms with Gasteiger partial charge in [0.2, 0.25) is 5.91 Å². The third-order valence-corrected chi connectivity index (χ3v) is 5.35. The van der Waals surface area contributed by atoms with Crippen molar-refractivity contribution >= 4 is 12.0 Å². The van der Waals surface area contributed by atoms with Crippen LogP contribution in [0.1, 0.15) is 46.2 Å². The normalized spacial score (nSPS) is 21.8. The Labute approximate surface area is 184 Å². The summed E-state index contributed by atoms with van der Waals surface area (Å²) in [7, 11) is 1.68. The van der Waals surface area contributed by atoms with Gasteiger partial charge in [-0.2, -0.15) is 0 Å². The molecule has 2 bridgehead atoms. The van der Waals surface area contributed by atoms with E-state index in [2.05, 4.69) is 10.3 Å². The molecule has 0 aromatic carbocycles. The van der Waals surface area contributed by atoms with E-state index in [9.17, 15) is 14.7 Å². The molecular formula is C21H37N5O5. The molecule has 1 N–H and O–H groups in total. The van der Waals surface area contributed by atoms with Crippen molar-refractivity contribution in [1.82, 2.24) is 24.8 Å². The van der Waals surface area contributed by atoms with Gasteiger partial charge in [-0.15, -0.1) is 5.10 Å². The Morgan fingerprint density at radius 1 is 1.42 bits per heavy atom. The minimum atomic E-state index is -0.407. The molecule has 0 radical (unpaired) electrons. The molecular weight excluding hydrogens is 402 g/mol. The quantitative estimate of drug-likeness (QED) is 0.716. The second kappa shape index (κ2) is 12.0. The van der Waals surface area contributed by atoms with Gasteiger partial charge in [-0.1, -0.05) is 26.0 Å².